The lowest BCUT2D eigenvalue weighted by Crippen LogP contribution is -2.17. The van der Waals surface area contributed by atoms with Crippen LogP contribution in [0.4, 0.5) is 0 Å². The molecule has 0 fully saturated rings. The van der Waals surface area contributed by atoms with Crippen molar-refractivity contribution in [2.45, 2.75) is 20.8 Å². The molecule has 1 aliphatic heterocycles. The molecule has 0 aliphatic carbocycles. The molecule has 0 saturated carbocycles. The van der Waals surface area contributed by atoms with Crippen molar-refractivity contribution < 1.29 is 0 Å². The molecule has 1 nitrogen and oxygen atoms in total. The van der Waals surface area contributed by atoms with Crippen molar-refractivity contribution in [2.75, 3.05) is 6.54 Å². The molecule has 0 aromatic heterocycles. The van der Waals surface area contributed by atoms with Crippen molar-refractivity contribution >= 4 is 20.7 Å². The van der Waals surface area contributed by atoms with E-state index in [-0.39, 0.29) is 0 Å². The lowest BCUT2D eigenvalue weighted by atomic mass is 10.1. The van der Waals surface area contributed by atoms with Gasteiger partial charge in [0.15, 0.2) is 0 Å². The van der Waals surface area contributed by atoms with Gasteiger partial charge in [-0.2, -0.15) is 0 Å². The molecule has 2 aromatic carbocycles. The first kappa shape index (κ1) is 16.8. The third-order valence-electron chi connectivity index (χ3n) is 4.09. The summed E-state index contributed by atoms with van der Waals surface area (Å²) >= 11 is 0. The molecule has 0 spiro atoms. The molecule has 2 aromatic rings. The molecule has 24 heavy (non-hydrogen) atoms. The summed E-state index contributed by atoms with van der Waals surface area (Å²) in [5, 5.41) is 4.83. The summed E-state index contributed by atoms with van der Waals surface area (Å²) in [7, 11) is -1.31. The largest absolute Gasteiger partial charge is 0.271 e. The molecule has 1 atom stereocenters. The smallest absolute Gasteiger partial charge is 0.0157 e. The molecule has 3 rings (SSSR count). The van der Waals surface area contributed by atoms with E-state index in [1.165, 1.54) is 27.2 Å². The minimum absolute atomic E-state index is 0.946. The Morgan fingerprint density at radius 2 is 1.54 bits per heavy atom. The number of allylic oxidation sites excluding steroid dienone is 3. The molecule has 0 bridgehead atoms. The second kappa shape index (κ2) is 7.25. The van der Waals surface area contributed by atoms with Gasteiger partial charge in [-0.25, -0.2) is 0 Å². The van der Waals surface area contributed by atoms with Crippen LogP contribution >= 0.6 is 10.2 Å². The molecule has 1 heterocycles. The van der Waals surface area contributed by atoms with E-state index in [0.717, 1.165) is 6.54 Å². The first-order valence-corrected chi connectivity index (χ1v) is 10.2. The molecule has 2 heteroatoms. The van der Waals surface area contributed by atoms with Gasteiger partial charge < -0.3 is 0 Å². The van der Waals surface area contributed by atoms with Gasteiger partial charge in [-0.05, 0) is 47.4 Å². The van der Waals surface area contributed by atoms with Gasteiger partial charge in [0.05, 0.1) is 0 Å². The molecule has 0 amide bonds. The second-order valence-corrected chi connectivity index (χ2v) is 8.77. The monoisotopic (exact) mass is 335 g/mol. The minimum atomic E-state index is -1.31. The molecule has 1 unspecified atom stereocenters. The number of hydrogen-bond acceptors (Lipinski definition) is 1. The van der Waals surface area contributed by atoms with Crippen LogP contribution in [0.25, 0.3) is 10.5 Å². The summed E-state index contributed by atoms with van der Waals surface area (Å²) in [6.07, 6.45) is 2.28. The maximum absolute atomic E-state index is 3.80. The third kappa shape index (κ3) is 3.26. The highest BCUT2D eigenvalue weighted by Gasteiger charge is 2.29. The predicted octanol–water partition coefficient (Wildman–Crippen LogP) is 6.34. The van der Waals surface area contributed by atoms with Crippen molar-refractivity contribution in [3.05, 3.63) is 94.3 Å². The van der Waals surface area contributed by atoms with Crippen LogP contribution < -0.4 is 4.72 Å². The highest BCUT2D eigenvalue weighted by molar-refractivity contribution is 8.44. The lowest BCUT2D eigenvalue weighted by Gasteiger charge is -2.37. The van der Waals surface area contributed by atoms with E-state index in [1.807, 2.05) is 0 Å². The van der Waals surface area contributed by atoms with Crippen LogP contribution in [0.2, 0.25) is 0 Å². The number of benzene rings is 2. The summed E-state index contributed by atoms with van der Waals surface area (Å²) in [5.41, 5.74) is 5.26. The van der Waals surface area contributed by atoms with E-state index in [1.54, 1.807) is 0 Å². The van der Waals surface area contributed by atoms with Crippen LogP contribution in [0.15, 0.2) is 83.1 Å². The Balaban J connectivity index is 2.12. The number of nitrogens with one attached hydrogen (secondary N) is 1. The van der Waals surface area contributed by atoms with E-state index < -0.39 is 10.2 Å². The van der Waals surface area contributed by atoms with Crippen molar-refractivity contribution in [1.82, 2.24) is 4.72 Å². The maximum atomic E-state index is 3.80. The normalized spacial score (nSPS) is 21.9. The summed E-state index contributed by atoms with van der Waals surface area (Å²) in [5.74, 6) is 0. The zero-order chi connectivity index (χ0) is 17.0. The van der Waals surface area contributed by atoms with Gasteiger partial charge in [-0.1, -0.05) is 73.2 Å². The van der Waals surface area contributed by atoms with E-state index in [4.69, 9.17) is 0 Å². The minimum Gasteiger partial charge on any atom is -0.271 e. The van der Waals surface area contributed by atoms with Crippen LogP contribution in [-0.4, -0.2) is 6.54 Å². The Kier molecular flexibility index (Phi) is 5.08. The molecule has 124 valence electrons. The van der Waals surface area contributed by atoms with Crippen molar-refractivity contribution in [3.63, 3.8) is 0 Å². The van der Waals surface area contributed by atoms with Crippen molar-refractivity contribution in [2.24, 2.45) is 0 Å². The highest BCUT2D eigenvalue weighted by Crippen LogP contribution is 2.64. The first-order valence-electron chi connectivity index (χ1n) is 8.42. The lowest BCUT2D eigenvalue weighted by molar-refractivity contribution is 1.03. The fraction of sp³-hybridized carbons (Fsp3) is 0.182. The van der Waals surface area contributed by atoms with Crippen LogP contribution in [0.5, 0.6) is 0 Å². The Labute approximate surface area is 147 Å². The molecule has 1 aliphatic rings. The summed E-state index contributed by atoms with van der Waals surface area (Å²) < 4.78 is 3.80. The zero-order valence-corrected chi connectivity index (χ0v) is 15.4. The molecular formula is C22H25NS. The SMILES string of the molecule is CCNS1(C(=C(C)C)c2ccccc2)C=CC(c2ccccc2)=C1. The van der Waals surface area contributed by atoms with Gasteiger partial charge in [0.1, 0.15) is 0 Å². The van der Waals surface area contributed by atoms with Gasteiger partial charge in [0.2, 0.25) is 0 Å². The maximum Gasteiger partial charge on any atom is 0.0157 e. The average Bonchev–Trinajstić information content (AvgIpc) is 3.01. The molecule has 0 radical (unpaired) electrons. The van der Waals surface area contributed by atoms with E-state index in [2.05, 4.69) is 103 Å². The Morgan fingerprint density at radius 3 is 2.12 bits per heavy atom. The topological polar surface area (TPSA) is 12.0 Å². The number of hydrogen-bond donors (Lipinski definition) is 1. The predicted molar refractivity (Wildman–Crippen MR) is 110 cm³/mol. The average molecular weight is 336 g/mol. The van der Waals surface area contributed by atoms with Crippen LogP contribution in [-0.2, 0) is 0 Å². The van der Waals surface area contributed by atoms with Crippen LogP contribution in [0.3, 0.4) is 0 Å². The van der Waals surface area contributed by atoms with Gasteiger partial charge in [0.25, 0.3) is 0 Å². The van der Waals surface area contributed by atoms with Crippen molar-refractivity contribution in [3.8, 4) is 0 Å². The Morgan fingerprint density at radius 1 is 0.917 bits per heavy atom. The fourth-order valence-electron chi connectivity index (χ4n) is 3.19. The van der Waals surface area contributed by atoms with Gasteiger partial charge in [0, 0.05) is 11.4 Å². The van der Waals surface area contributed by atoms with Crippen LogP contribution in [0.1, 0.15) is 31.9 Å². The van der Waals surface area contributed by atoms with Gasteiger partial charge in [-0.15, -0.1) is 10.2 Å². The first-order chi connectivity index (χ1) is 11.7. The van der Waals surface area contributed by atoms with Crippen molar-refractivity contribution in [1.29, 1.82) is 0 Å². The standard InChI is InChI=1S/C22H25NS/c1-4-23-24(22(18(2)3)20-13-9-6-10-14-20)16-15-21(17-24)19-11-7-5-8-12-19/h5-17,23H,4H2,1-3H3. The molecule has 0 saturated heterocycles. The molecular weight excluding hydrogens is 310 g/mol. The highest BCUT2D eigenvalue weighted by atomic mass is 32.3. The van der Waals surface area contributed by atoms with E-state index >= 15 is 0 Å². The third-order valence-corrected chi connectivity index (χ3v) is 7.37. The summed E-state index contributed by atoms with van der Waals surface area (Å²) in [4.78, 5) is 1.42. The number of rotatable bonds is 5. The van der Waals surface area contributed by atoms with Gasteiger partial charge >= 0.3 is 0 Å². The quantitative estimate of drug-likeness (QED) is 0.672. The Hall–Kier alpha value is -2.03. The van der Waals surface area contributed by atoms with E-state index in [9.17, 15) is 0 Å². The second-order valence-electron chi connectivity index (χ2n) is 6.14. The summed E-state index contributed by atoms with van der Waals surface area (Å²) in [6.45, 7) is 7.57. The fourth-order valence-corrected chi connectivity index (χ4v) is 6.51. The van der Waals surface area contributed by atoms with Crippen LogP contribution in [0, 0.1) is 0 Å². The van der Waals surface area contributed by atoms with Gasteiger partial charge in [-0.3, -0.25) is 4.72 Å². The zero-order valence-electron chi connectivity index (χ0n) is 14.6. The Bertz CT molecular complexity index is 783. The summed E-state index contributed by atoms with van der Waals surface area (Å²) in [6, 6.07) is 21.4. The molecule has 1 N–H and O–H groups in total. The van der Waals surface area contributed by atoms with E-state index in [0.29, 0.717) is 0 Å².